The van der Waals surface area contributed by atoms with E-state index in [1.807, 2.05) is 24.3 Å². The van der Waals surface area contributed by atoms with Gasteiger partial charge < -0.3 is 4.57 Å². The minimum atomic E-state index is -0.511. The predicted molar refractivity (Wildman–Crippen MR) is 94.2 cm³/mol. The number of halogens is 1. The molecule has 0 saturated heterocycles. The smallest absolute Gasteiger partial charge is 0.269 e. The summed E-state index contributed by atoms with van der Waals surface area (Å²) in [5, 5.41) is 0. The molecule has 0 aliphatic heterocycles. The van der Waals surface area contributed by atoms with Crippen molar-refractivity contribution < 1.29 is 9.59 Å². The van der Waals surface area contributed by atoms with Gasteiger partial charge in [-0.15, -0.1) is 0 Å². The van der Waals surface area contributed by atoms with Crippen LogP contribution in [-0.4, -0.2) is 21.4 Å². The third-order valence-corrected chi connectivity index (χ3v) is 4.21. The standard InChI is InChI=1S/C17H15BrN4O2/c1-11(22-10-19-14-4-2-3-5-15(14)22)16(23)20-21-17(24)12-6-8-13(18)9-7-12/h2-11H,1H3,(H,20,23)(H,21,24). The lowest BCUT2D eigenvalue weighted by molar-refractivity contribution is -0.124. The zero-order valence-electron chi connectivity index (χ0n) is 12.9. The van der Waals surface area contributed by atoms with Crippen molar-refractivity contribution in [3.05, 3.63) is 64.9 Å². The Morgan fingerprint density at radius 2 is 1.79 bits per heavy atom. The zero-order valence-corrected chi connectivity index (χ0v) is 14.4. The van der Waals surface area contributed by atoms with Crippen LogP contribution in [0.15, 0.2) is 59.3 Å². The second-order valence-electron chi connectivity index (χ2n) is 5.27. The number of nitrogens with one attached hydrogen (secondary N) is 2. The average molecular weight is 387 g/mol. The van der Waals surface area contributed by atoms with Gasteiger partial charge in [0.15, 0.2) is 0 Å². The summed E-state index contributed by atoms with van der Waals surface area (Å²) in [6, 6.07) is 13.9. The maximum Gasteiger partial charge on any atom is 0.269 e. The molecule has 2 N–H and O–H groups in total. The first-order valence-electron chi connectivity index (χ1n) is 7.33. The van der Waals surface area contributed by atoms with E-state index < -0.39 is 6.04 Å². The van der Waals surface area contributed by atoms with E-state index in [1.165, 1.54) is 0 Å². The summed E-state index contributed by atoms with van der Waals surface area (Å²) in [6.45, 7) is 1.75. The quantitative estimate of drug-likeness (QED) is 0.679. The molecule has 1 atom stereocenters. The number of aromatic nitrogens is 2. The molecule has 24 heavy (non-hydrogen) atoms. The Kier molecular flexibility index (Phi) is 4.61. The van der Waals surface area contributed by atoms with Crippen LogP contribution in [-0.2, 0) is 4.79 Å². The van der Waals surface area contributed by atoms with Crippen molar-refractivity contribution in [3.63, 3.8) is 0 Å². The van der Waals surface area contributed by atoms with Gasteiger partial charge in [0.1, 0.15) is 6.04 Å². The highest BCUT2D eigenvalue weighted by Gasteiger charge is 2.17. The number of carbonyl (C=O) groups is 2. The van der Waals surface area contributed by atoms with Crippen LogP contribution in [0, 0.1) is 0 Å². The Labute approximate surface area is 147 Å². The number of nitrogens with zero attached hydrogens (tertiary/aromatic N) is 2. The molecule has 1 unspecified atom stereocenters. The lowest BCUT2D eigenvalue weighted by Crippen LogP contribution is -2.44. The van der Waals surface area contributed by atoms with E-state index in [0.29, 0.717) is 5.56 Å². The number of para-hydroxylation sites is 2. The third kappa shape index (κ3) is 3.30. The summed E-state index contributed by atoms with van der Waals surface area (Å²) in [5.74, 6) is -0.706. The van der Waals surface area contributed by atoms with Gasteiger partial charge in [-0.3, -0.25) is 20.4 Å². The Bertz CT molecular complexity index is 889. The summed E-state index contributed by atoms with van der Waals surface area (Å²) < 4.78 is 2.64. The number of hydrogen-bond acceptors (Lipinski definition) is 3. The van der Waals surface area contributed by atoms with E-state index in [1.54, 1.807) is 42.1 Å². The average Bonchev–Trinajstić information content (AvgIpc) is 3.03. The molecule has 0 radical (unpaired) electrons. The Morgan fingerprint density at radius 3 is 2.54 bits per heavy atom. The van der Waals surface area contributed by atoms with Crippen molar-refractivity contribution in [1.82, 2.24) is 20.4 Å². The maximum atomic E-state index is 12.3. The molecule has 0 aliphatic carbocycles. The van der Waals surface area contributed by atoms with E-state index in [0.717, 1.165) is 15.5 Å². The number of rotatable bonds is 3. The molecule has 2 amide bonds. The Hall–Kier alpha value is -2.67. The lowest BCUT2D eigenvalue weighted by atomic mass is 10.2. The number of hydrazine groups is 1. The number of imidazole rings is 1. The molecule has 6 nitrogen and oxygen atoms in total. The second-order valence-corrected chi connectivity index (χ2v) is 6.18. The van der Waals surface area contributed by atoms with Crippen LogP contribution >= 0.6 is 15.9 Å². The van der Waals surface area contributed by atoms with Crippen molar-refractivity contribution in [1.29, 1.82) is 0 Å². The fourth-order valence-corrected chi connectivity index (χ4v) is 2.57. The molecule has 122 valence electrons. The van der Waals surface area contributed by atoms with Crippen LogP contribution in [0.4, 0.5) is 0 Å². The van der Waals surface area contributed by atoms with E-state index in [9.17, 15) is 9.59 Å². The topological polar surface area (TPSA) is 76.0 Å². The molecule has 0 aliphatic rings. The predicted octanol–water partition coefficient (Wildman–Crippen LogP) is 2.82. The Morgan fingerprint density at radius 1 is 1.08 bits per heavy atom. The fourth-order valence-electron chi connectivity index (χ4n) is 2.31. The van der Waals surface area contributed by atoms with E-state index >= 15 is 0 Å². The van der Waals surface area contributed by atoms with Crippen LogP contribution < -0.4 is 10.9 Å². The van der Waals surface area contributed by atoms with Crippen molar-refractivity contribution in [2.75, 3.05) is 0 Å². The SMILES string of the molecule is CC(C(=O)NNC(=O)c1ccc(Br)cc1)n1cnc2ccccc21. The molecule has 2 aromatic carbocycles. The molecule has 3 aromatic rings. The van der Waals surface area contributed by atoms with E-state index in [4.69, 9.17) is 0 Å². The number of hydrogen-bond donors (Lipinski definition) is 2. The summed E-state index contributed by atoms with van der Waals surface area (Å²) in [5.41, 5.74) is 7.00. The number of fused-ring (bicyclic) bond motifs is 1. The summed E-state index contributed by atoms with van der Waals surface area (Å²) in [7, 11) is 0. The van der Waals surface area contributed by atoms with Gasteiger partial charge in [0.05, 0.1) is 17.4 Å². The Balaban J connectivity index is 1.66. The van der Waals surface area contributed by atoms with Crippen molar-refractivity contribution >= 4 is 38.8 Å². The van der Waals surface area contributed by atoms with E-state index in [2.05, 4.69) is 31.8 Å². The number of carbonyl (C=O) groups excluding carboxylic acids is 2. The van der Waals surface area contributed by atoms with Crippen molar-refractivity contribution in [2.24, 2.45) is 0 Å². The number of benzene rings is 2. The highest BCUT2D eigenvalue weighted by Crippen LogP contribution is 2.17. The van der Waals surface area contributed by atoms with Gasteiger partial charge in [0.2, 0.25) is 0 Å². The van der Waals surface area contributed by atoms with Gasteiger partial charge in [-0.2, -0.15) is 0 Å². The molecule has 1 heterocycles. The molecule has 3 rings (SSSR count). The lowest BCUT2D eigenvalue weighted by Gasteiger charge is -2.15. The minimum absolute atomic E-state index is 0.330. The van der Waals surface area contributed by atoms with Crippen LogP contribution in [0.1, 0.15) is 23.3 Å². The fraction of sp³-hybridized carbons (Fsp3) is 0.118. The summed E-state index contributed by atoms with van der Waals surface area (Å²) in [4.78, 5) is 28.6. The van der Waals surface area contributed by atoms with Gasteiger partial charge in [-0.25, -0.2) is 4.98 Å². The van der Waals surface area contributed by atoms with Crippen molar-refractivity contribution in [3.8, 4) is 0 Å². The largest absolute Gasteiger partial charge is 0.318 e. The summed E-state index contributed by atoms with van der Waals surface area (Å²) in [6.07, 6.45) is 1.62. The molecule has 0 bridgehead atoms. The van der Waals surface area contributed by atoms with Crippen LogP contribution in [0.2, 0.25) is 0 Å². The highest BCUT2D eigenvalue weighted by atomic mass is 79.9. The third-order valence-electron chi connectivity index (χ3n) is 3.68. The zero-order chi connectivity index (χ0) is 17.1. The van der Waals surface area contributed by atoms with Crippen LogP contribution in [0.3, 0.4) is 0 Å². The first-order valence-corrected chi connectivity index (χ1v) is 8.13. The molecule has 0 spiro atoms. The molecule has 0 fully saturated rings. The van der Waals surface area contributed by atoms with Gasteiger partial charge in [0, 0.05) is 10.0 Å². The molecule has 0 saturated carbocycles. The van der Waals surface area contributed by atoms with E-state index in [-0.39, 0.29) is 11.8 Å². The first-order chi connectivity index (χ1) is 11.6. The number of amides is 2. The van der Waals surface area contributed by atoms with Gasteiger partial charge >= 0.3 is 0 Å². The van der Waals surface area contributed by atoms with Crippen LogP contribution in [0.5, 0.6) is 0 Å². The highest BCUT2D eigenvalue weighted by molar-refractivity contribution is 9.10. The minimum Gasteiger partial charge on any atom is -0.318 e. The monoisotopic (exact) mass is 386 g/mol. The summed E-state index contributed by atoms with van der Waals surface area (Å²) >= 11 is 3.31. The molecular formula is C17H15BrN4O2. The van der Waals surface area contributed by atoms with Gasteiger partial charge in [0.25, 0.3) is 11.8 Å². The normalized spacial score (nSPS) is 11.9. The second kappa shape index (κ2) is 6.84. The molecular weight excluding hydrogens is 372 g/mol. The van der Waals surface area contributed by atoms with Gasteiger partial charge in [-0.05, 0) is 43.3 Å². The molecule has 7 heteroatoms. The van der Waals surface area contributed by atoms with Crippen LogP contribution in [0.25, 0.3) is 11.0 Å². The van der Waals surface area contributed by atoms with Crippen molar-refractivity contribution in [2.45, 2.75) is 13.0 Å². The molecule has 1 aromatic heterocycles. The maximum absolute atomic E-state index is 12.3. The first kappa shape index (κ1) is 16.2. The van der Waals surface area contributed by atoms with Gasteiger partial charge in [-0.1, -0.05) is 28.1 Å².